The molecule has 2 aliphatic rings. The number of hydrogen-bond acceptors (Lipinski definition) is 6. The number of alkyl halides is 8. The molecule has 3 N–H and O–H groups in total. The number of nitrogens with two attached hydrogens (primary N) is 1. The number of carbonyl (C=O) groups is 2. The highest BCUT2D eigenvalue weighted by Gasteiger charge is 2.46. The van der Waals surface area contributed by atoms with Gasteiger partial charge in [0.05, 0.1) is 22.9 Å². The third kappa shape index (κ3) is 5.43. The molecule has 0 radical (unpaired) electrons. The molecule has 3 atom stereocenters. The third-order valence-corrected chi connectivity index (χ3v) is 7.58. The fourth-order valence-electron chi connectivity index (χ4n) is 5.49. The number of rotatable bonds is 4. The van der Waals surface area contributed by atoms with E-state index in [-0.39, 0.29) is 30.8 Å². The lowest BCUT2D eigenvalue weighted by molar-refractivity contribution is -0.141. The molecular formula is C25H23F8N7O2. The van der Waals surface area contributed by atoms with Gasteiger partial charge in [0.15, 0.2) is 11.5 Å². The van der Waals surface area contributed by atoms with Crippen molar-refractivity contribution < 1.29 is 44.7 Å². The van der Waals surface area contributed by atoms with E-state index in [1.165, 1.54) is 4.90 Å². The molecule has 4 heterocycles. The van der Waals surface area contributed by atoms with Crippen LogP contribution in [0, 0.1) is 11.8 Å². The van der Waals surface area contributed by atoms with Crippen LogP contribution >= 0.6 is 0 Å². The molecule has 2 fully saturated rings. The van der Waals surface area contributed by atoms with Crippen LogP contribution in [0.25, 0.3) is 16.8 Å². The summed E-state index contributed by atoms with van der Waals surface area (Å²) in [7, 11) is 0. The van der Waals surface area contributed by atoms with E-state index < -0.39 is 89.0 Å². The first-order valence-electron chi connectivity index (χ1n) is 12.7. The number of likely N-dealkylation sites (tertiary alicyclic amines) is 1. The summed E-state index contributed by atoms with van der Waals surface area (Å²) in [6.45, 7) is 1.61. The van der Waals surface area contributed by atoms with E-state index in [0.29, 0.717) is 12.3 Å². The van der Waals surface area contributed by atoms with Crippen molar-refractivity contribution in [2.24, 2.45) is 11.8 Å². The van der Waals surface area contributed by atoms with Gasteiger partial charge in [-0.1, -0.05) is 6.92 Å². The van der Waals surface area contributed by atoms with Gasteiger partial charge in [-0.2, -0.15) is 31.4 Å². The van der Waals surface area contributed by atoms with Crippen LogP contribution in [0.3, 0.4) is 0 Å². The Morgan fingerprint density at radius 1 is 1.07 bits per heavy atom. The third-order valence-electron chi connectivity index (χ3n) is 7.58. The number of anilines is 1. The zero-order chi connectivity index (χ0) is 30.8. The molecule has 1 saturated carbocycles. The Kier molecular flexibility index (Phi) is 7.04. The SMILES string of the molecule is C[C@H]1CN(C(=O)C2CCC(F)(F)C2)C[C@H]1NC(=O)c1cc(-c2cc(C(F)(F)F)c3c(N)ncnn23)cnc1C(F)(F)F. The standard InChI is InChI=1S/C25H23F8N7O2/c1-11-8-39(22(42)12-2-3-23(26,27)6-12)9-16(11)38-21(41)14-4-13(7-35-19(14)25(31,32)33)17-5-15(24(28,29)30)18-20(34)36-10-37-40(17)18/h4-5,7,10-12,16H,2-3,6,8-9H2,1H3,(H,38,41)(H2,34,36,37)/t11-,12?,16+/m0/s1. The van der Waals surface area contributed by atoms with E-state index in [0.717, 1.165) is 16.9 Å². The highest BCUT2D eigenvalue weighted by Crippen LogP contribution is 2.41. The van der Waals surface area contributed by atoms with E-state index in [2.05, 4.69) is 20.4 Å². The Labute approximate surface area is 232 Å². The smallest absolute Gasteiger partial charge is 0.382 e. The summed E-state index contributed by atoms with van der Waals surface area (Å²) in [5, 5.41) is 6.20. The molecule has 1 unspecified atom stereocenters. The average molecular weight is 605 g/mol. The minimum atomic E-state index is -5.10. The zero-order valence-electron chi connectivity index (χ0n) is 21.7. The Balaban J connectivity index is 1.46. The predicted octanol–water partition coefficient (Wildman–Crippen LogP) is 4.42. The minimum absolute atomic E-state index is 0.00217. The summed E-state index contributed by atoms with van der Waals surface area (Å²) >= 11 is 0. The van der Waals surface area contributed by atoms with Gasteiger partial charge in [-0.15, -0.1) is 0 Å². The van der Waals surface area contributed by atoms with Gasteiger partial charge in [-0.3, -0.25) is 14.6 Å². The van der Waals surface area contributed by atoms with Gasteiger partial charge in [0.25, 0.3) is 5.91 Å². The topological polar surface area (TPSA) is 119 Å². The second kappa shape index (κ2) is 10.0. The molecule has 42 heavy (non-hydrogen) atoms. The molecule has 1 saturated heterocycles. The average Bonchev–Trinajstić information content (AvgIpc) is 3.58. The largest absolute Gasteiger partial charge is 0.434 e. The first kappa shape index (κ1) is 29.4. The number of pyridine rings is 1. The number of fused-ring (bicyclic) bond motifs is 1. The first-order chi connectivity index (χ1) is 19.5. The minimum Gasteiger partial charge on any atom is -0.382 e. The molecule has 0 bridgehead atoms. The van der Waals surface area contributed by atoms with Crippen molar-refractivity contribution in [3.63, 3.8) is 0 Å². The zero-order valence-corrected chi connectivity index (χ0v) is 21.7. The van der Waals surface area contributed by atoms with Crippen LogP contribution < -0.4 is 11.1 Å². The van der Waals surface area contributed by atoms with Gasteiger partial charge in [0.1, 0.15) is 11.8 Å². The van der Waals surface area contributed by atoms with Crippen molar-refractivity contribution in [3.05, 3.63) is 41.5 Å². The molecule has 0 spiro atoms. The summed E-state index contributed by atoms with van der Waals surface area (Å²) in [5.74, 6) is -6.56. The molecule has 2 amide bonds. The van der Waals surface area contributed by atoms with E-state index in [9.17, 15) is 44.7 Å². The van der Waals surface area contributed by atoms with Gasteiger partial charge in [-0.25, -0.2) is 18.3 Å². The number of halogens is 8. The molecule has 9 nitrogen and oxygen atoms in total. The second-order valence-corrected chi connectivity index (χ2v) is 10.6. The summed E-state index contributed by atoms with van der Waals surface area (Å²) < 4.78 is 111. The van der Waals surface area contributed by atoms with E-state index in [1.54, 1.807) is 6.92 Å². The monoisotopic (exact) mass is 605 g/mol. The van der Waals surface area contributed by atoms with Crippen LogP contribution in [-0.2, 0) is 17.1 Å². The maximum atomic E-state index is 13.9. The lowest BCUT2D eigenvalue weighted by Crippen LogP contribution is -2.42. The van der Waals surface area contributed by atoms with Gasteiger partial charge in [-0.05, 0) is 24.5 Å². The van der Waals surface area contributed by atoms with E-state index in [4.69, 9.17) is 5.73 Å². The van der Waals surface area contributed by atoms with Gasteiger partial charge in [0, 0.05) is 43.6 Å². The molecule has 1 aliphatic carbocycles. The fraction of sp³-hybridized carbons (Fsp3) is 0.480. The molecule has 3 aromatic heterocycles. The molecule has 226 valence electrons. The Morgan fingerprint density at radius 2 is 1.79 bits per heavy atom. The maximum absolute atomic E-state index is 13.9. The number of aromatic nitrogens is 4. The van der Waals surface area contributed by atoms with Crippen LogP contribution in [0.2, 0.25) is 0 Å². The van der Waals surface area contributed by atoms with Crippen molar-refractivity contribution >= 4 is 23.1 Å². The summed E-state index contributed by atoms with van der Waals surface area (Å²) in [6.07, 6.45) is -9.51. The van der Waals surface area contributed by atoms with Gasteiger partial charge < -0.3 is 16.0 Å². The molecule has 1 aliphatic heterocycles. The van der Waals surface area contributed by atoms with Gasteiger partial charge in [0.2, 0.25) is 11.8 Å². The summed E-state index contributed by atoms with van der Waals surface area (Å²) in [4.78, 5) is 34.2. The fourth-order valence-corrected chi connectivity index (χ4v) is 5.49. The van der Waals surface area contributed by atoms with Gasteiger partial charge >= 0.3 is 12.4 Å². The number of nitrogens with zero attached hydrogens (tertiary/aromatic N) is 5. The normalized spacial score (nSPS) is 22.6. The molecular weight excluding hydrogens is 582 g/mol. The second-order valence-electron chi connectivity index (χ2n) is 10.6. The maximum Gasteiger partial charge on any atom is 0.434 e. The summed E-state index contributed by atoms with van der Waals surface area (Å²) in [5.41, 5.74) is 0.557. The Hall–Kier alpha value is -4.05. The Bertz CT molecular complexity index is 1550. The molecule has 5 rings (SSSR count). The van der Waals surface area contributed by atoms with Crippen molar-refractivity contribution in [3.8, 4) is 11.3 Å². The quantitative estimate of drug-likeness (QED) is 0.425. The highest BCUT2D eigenvalue weighted by molar-refractivity contribution is 5.97. The van der Waals surface area contributed by atoms with E-state index >= 15 is 0 Å². The van der Waals surface area contributed by atoms with Crippen LogP contribution in [0.5, 0.6) is 0 Å². The number of nitrogen functional groups attached to an aromatic ring is 1. The van der Waals surface area contributed by atoms with E-state index in [1.807, 2.05) is 0 Å². The molecule has 3 aromatic rings. The predicted molar refractivity (Wildman–Crippen MR) is 130 cm³/mol. The molecule has 0 aromatic carbocycles. The van der Waals surface area contributed by atoms with Crippen LogP contribution in [-0.4, -0.2) is 61.4 Å². The lowest BCUT2D eigenvalue weighted by Gasteiger charge is -2.21. The van der Waals surface area contributed by atoms with Crippen molar-refractivity contribution in [2.45, 2.75) is 50.5 Å². The highest BCUT2D eigenvalue weighted by atomic mass is 19.4. The Morgan fingerprint density at radius 3 is 2.40 bits per heavy atom. The number of nitrogens with one attached hydrogen (secondary N) is 1. The van der Waals surface area contributed by atoms with Crippen molar-refractivity contribution in [1.82, 2.24) is 29.8 Å². The summed E-state index contributed by atoms with van der Waals surface area (Å²) in [6, 6.07) is 0.530. The van der Waals surface area contributed by atoms with Crippen molar-refractivity contribution in [2.75, 3.05) is 18.8 Å². The van der Waals surface area contributed by atoms with Crippen LogP contribution in [0.1, 0.15) is 47.8 Å². The van der Waals surface area contributed by atoms with Crippen LogP contribution in [0.15, 0.2) is 24.7 Å². The molecule has 17 heteroatoms. The first-order valence-corrected chi connectivity index (χ1v) is 12.7. The van der Waals surface area contributed by atoms with Crippen LogP contribution in [0.4, 0.5) is 40.9 Å². The number of amides is 2. The lowest BCUT2D eigenvalue weighted by atomic mass is 10.0. The number of hydrogen-bond donors (Lipinski definition) is 2. The van der Waals surface area contributed by atoms with Crippen molar-refractivity contribution in [1.29, 1.82) is 0 Å². The number of carbonyl (C=O) groups excluding carboxylic acids is 2.